The van der Waals surface area contributed by atoms with E-state index in [1.807, 2.05) is 31.2 Å². The normalized spacial score (nSPS) is 21.4. The summed E-state index contributed by atoms with van der Waals surface area (Å²) < 4.78 is 0. The van der Waals surface area contributed by atoms with E-state index in [2.05, 4.69) is 5.32 Å². The minimum atomic E-state index is -0.455. The van der Waals surface area contributed by atoms with Crippen LogP contribution in [0.25, 0.3) is 0 Å². The molecule has 3 atom stereocenters. The molecule has 22 heavy (non-hydrogen) atoms. The fourth-order valence-corrected chi connectivity index (χ4v) is 2.53. The maximum absolute atomic E-state index is 12.6. The van der Waals surface area contributed by atoms with E-state index in [0.717, 1.165) is 17.7 Å². The second-order valence-corrected chi connectivity index (χ2v) is 6.18. The van der Waals surface area contributed by atoms with Gasteiger partial charge in [0.2, 0.25) is 11.8 Å². The second kappa shape index (κ2) is 6.92. The lowest BCUT2D eigenvalue weighted by atomic mass is 10.00. The Morgan fingerprint density at radius 3 is 2.55 bits per heavy atom. The molecule has 1 heterocycles. The third-order valence-electron chi connectivity index (χ3n) is 4.30. The van der Waals surface area contributed by atoms with Gasteiger partial charge in [0.1, 0.15) is 6.04 Å². The van der Waals surface area contributed by atoms with Crippen molar-refractivity contribution in [1.82, 2.24) is 5.32 Å². The molecule has 0 aliphatic carbocycles. The molecule has 2 amide bonds. The summed E-state index contributed by atoms with van der Waals surface area (Å²) in [4.78, 5) is 26.5. The van der Waals surface area contributed by atoms with Crippen LogP contribution >= 0.6 is 0 Å². The van der Waals surface area contributed by atoms with Gasteiger partial charge in [0.25, 0.3) is 0 Å². The van der Waals surface area contributed by atoms with Crippen molar-refractivity contribution in [2.45, 2.75) is 45.7 Å². The summed E-state index contributed by atoms with van der Waals surface area (Å²) in [5, 5.41) is 2.85. The first kappa shape index (κ1) is 16.5. The van der Waals surface area contributed by atoms with Gasteiger partial charge >= 0.3 is 0 Å². The molecule has 5 heteroatoms. The Bertz CT molecular complexity index is 539. The van der Waals surface area contributed by atoms with Crippen LogP contribution in [0.15, 0.2) is 24.3 Å². The molecule has 0 aromatic heterocycles. The van der Waals surface area contributed by atoms with Gasteiger partial charge in [0, 0.05) is 24.2 Å². The SMILES string of the molecule is Cc1ccc(N2CCCC(NC(=O)C(C)C(C)N)C2=O)cc1. The molecule has 0 bridgehead atoms. The first-order valence-corrected chi connectivity index (χ1v) is 7.84. The highest BCUT2D eigenvalue weighted by molar-refractivity contribution is 6.00. The van der Waals surface area contributed by atoms with Crippen LogP contribution in [-0.2, 0) is 9.59 Å². The molecule has 1 aliphatic rings. The Labute approximate surface area is 131 Å². The van der Waals surface area contributed by atoms with Gasteiger partial charge in [0.15, 0.2) is 0 Å². The standard InChI is InChI=1S/C17H25N3O2/c1-11-6-8-14(9-7-11)20-10-4-5-15(17(20)22)19-16(21)12(2)13(3)18/h6-9,12-13,15H,4-5,10,18H2,1-3H3,(H,19,21). The molecule has 0 radical (unpaired) electrons. The van der Waals surface area contributed by atoms with Crippen molar-refractivity contribution in [3.63, 3.8) is 0 Å². The number of carbonyl (C=O) groups is 2. The molecule has 1 aromatic carbocycles. The average Bonchev–Trinajstić information content (AvgIpc) is 2.49. The largest absolute Gasteiger partial charge is 0.344 e. The Morgan fingerprint density at radius 2 is 1.95 bits per heavy atom. The zero-order valence-electron chi connectivity index (χ0n) is 13.5. The van der Waals surface area contributed by atoms with Gasteiger partial charge in [-0.3, -0.25) is 9.59 Å². The summed E-state index contributed by atoms with van der Waals surface area (Å²) in [7, 11) is 0. The van der Waals surface area contributed by atoms with Crippen LogP contribution in [0.5, 0.6) is 0 Å². The smallest absolute Gasteiger partial charge is 0.249 e. The predicted molar refractivity (Wildman–Crippen MR) is 87.5 cm³/mol. The van der Waals surface area contributed by atoms with Gasteiger partial charge in [-0.2, -0.15) is 0 Å². The monoisotopic (exact) mass is 303 g/mol. The van der Waals surface area contributed by atoms with Gasteiger partial charge in [-0.1, -0.05) is 24.6 Å². The van der Waals surface area contributed by atoms with Crippen LogP contribution in [0.4, 0.5) is 5.69 Å². The van der Waals surface area contributed by atoms with Gasteiger partial charge < -0.3 is 16.0 Å². The lowest BCUT2D eigenvalue weighted by Crippen LogP contribution is -2.54. The Morgan fingerprint density at radius 1 is 1.32 bits per heavy atom. The van der Waals surface area contributed by atoms with Crippen molar-refractivity contribution < 1.29 is 9.59 Å². The van der Waals surface area contributed by atoms with Crippen molar-refractivity contribution in [2.24, 2.45) is 11.7 Å². The number of rotatable bonds is 4. The summed E-state index contributed by atoms with van der Waals surface area (Å²) in [6, 6.07) is 7.19. The van der Waals surface area contributed by atoms with Gasteiger partial charge in [-0.25, -0.2) is 0 Å². The van der Waals surface area contributed by atoms with Gasteiger partial charge in [-0.05, 0) is 38.8 Å². The zero-order valence-corrected chi connectivity index (χ0v) is 13.5. The number of carbonyl (C=O) groups excluding carboxylic acids is 2. The van der Waals surface area contributed by atoms with Crippen LogP contribution in [0.1, 0.15) is 32.3 Å². The van der Waals surface area contributed by atoms with E-state index < -0.39 is 6.04 Å². The van der Waals surface area contributed by atoms with Gasteiger partial charge in [-0.15, -0.1) is 0 Å². The van der Waals surface area contributed by atoms with E-state index in [9.17, 15) is 9.59 Å². The summed E-state index contributed by atoms with van der Waals surface area (Å²) in [6.07, 6.45) is 1.55. The molecule has 120 valence electrons. The average molecular weight is 303 g/mol. The fraction of sp³-hybridized carbons (Fsp3) is 0.529. The minimum Gasteiger partial charge on any atom is -0.344 e. The van der Waals surface area contributed by atoms with Crippen molar-refractivity contribution in [2.75, 3.05) is 11.4 Å². The Hall–Kier alpha value is -1.88. The predicted octanol–water partition coefficient (Wildman–Crippen LogP) is 1.59. The maximum atomic E-state index is 12.6. The van der Waals surface area contributed by atoms with E-state index in [1.165, 1.54) is 0 Å². The third kappa shape index (κ3) is 3.65. The molecule has 5 nitrogen and oxygen atoms in total. The minimum absolute atomic E-state index is 0.0414. The number of nitrogens with zero attached hydrogens (tertiary/aromatic N) is 1. The van der Waals surface area contributed by atoms with Crippen molar-refractivity contribution in [1.29, 1.82) is 0 Å². The third-order valence-corrected chi connectivity index (χ3v) is 4.30. The molecule has 0 spiro atoms. The second-order valence-electron chi connectivity index (χ2n) is 6.18. The highest BCUT2D eigenvalue weighted by atomic mass is 16.2. The Kier molecular flexibility index (Phi) is 5.19. The molecule has 1 aromatic rings. The molecule has 1 saturated heterocycles. The number of nitrogens with one attached hydrogen (secondary N) is 1. The lowest BCUT2D eigenvalue weighted by Gasteiger charge is -2.33. The number of piperidine rings is 1. The van der Waals surface area contributed by atoms with Crippen LogP contribution in [0.3, 0.4) is 0 Å². The topological polar surface area (TPSA) is 75.4 Å². The summed E-state index contributed by atoms with van der Waals surface area (Å²) in [5.74, 6) is -0.498. The summed E-state index contributed by atoms with van der Waals surface area (Å²) in [5.41, 5.74) is 7.79. The number of amides is 2. The number of nitrogens with two attached hydrogens (primary N) is 1. The van der Waals surface area contributed by atoms with E-state index in [4.69, 9.17) is 5.73 Å². The van der Waals surface area contributed by atoms with E-state index in [0.29, 0.717) is 13.0 Å². The van der Waals surface area contributed by atoms with Crippen LogP contribution in [-0.4, -0.2) is 30.4 Å². The van der Waals surface area contributed by atoms with Crippen molar-refractivity contribution >= 4 is 17.5 Å². The molecule has 2 rings (SSSR count). The van der Waals surface area contributed by atoms with Crippen LogP contribution in [0.2, 0.25) is 0 Å². The maximum Gasteiger partial charge on any atom is 0.249 e. The highest BCUT2D eigenvalue weighted by Gasteiger charge is 2.32. The molecule has 1 fully saturated rings. The molecular formula is C17H25N3O2. The van der Waals surface area contributed by atoms with E-state index in [-0.39, 0.29) is 23.8 Å². The van der Waals surface area contributed by atoms with Crippen molar-refractivity contribution in [3.8, 4) is 0 Å². The van der Waals surface area contributed by atoms with Gasteiger partial charge in [0.05, 0.1) is 0 Å². The fourth-order valence-electron chi connectivity index (χ4n) is 2.53. The van der Waals surface area contributed by atoms with Crippen molar-refractivity contribution in [3.05, 3.63) is 29.8 Å². The van der Waals surface area contributed by atoms with E-state index >= 15 is 0 Å². The zero-order chi connectivity index (χ0) is 16.3. The summed E-state index contributed by atoms with van der Waals surface area (Å²) in [6.45, 7) is 6.29. The van der Waals surface area contributed by atoms with Crippen LogP contribution < -0.4 is 16.0 Å². The quantitative estimate of drug-likeness (QED) is 0.887. The number of hydrogen-bond donors (Lipinski definition) is 2. The number of benzene rings is 1. The number of aryl methyl sites for hydroxylation is 1. The first-order chi connectivity index (χ1) is 10.4. The molecule has 3 N–H and O–H groups in total. The molecular weight excluding hydrogens is 278 g/mol. The first-order valence-electron chi connectivity index (χ1n) is 7.84. The number of anilines is 1. The van der Waals surface area contributed by atoms with E-state index in [1.54, 1.807) is 18.7 Å². The molecule has 3 unspecified atom stereocenters. The molecule has 0 saturated carbocycles. The summed E-state index contributed by atoms with van der Waals surface area (Å²) >= 11 is 0. The highest BCUT2D eigenvalue weighted by Crippen LogP contribution is 2.21. The van der Waals surface area contributed by atoms with Crippen LogP contribution in [0, 0.1) is 12.8 Å². The number of hydrogen-bond acceptors (Lipinski definition) is 3. The lowest BCUT2D eigenvalue weighted by molar-refractivity contribution is -0.130. The molecule has 1 aliphatic heterocycles. The Balaban J connectivity index is 2.07.